The Hall–Kier alpha value is -2.50. The Morgan fingerprint density at radius 3 is 0.988 bits per heavy atom. The number of unbranched alkanes of at least 4 members (excludes halogenated alkanes) is 9. The maximum Gasteiger partial charge on any atom is 0.407 e. The molecule has 6 fully saturated rings. The summed E-state index contributed by atoms with van der Waals surface area (Å²) in [5.41, 5.74) is 61.3. The van der Waals surface area contributed by atoms with Gasteiger partial charge in [-0.15, -0.1) is 0 Å². The van der Waals surface area contributed by atoms with Gasteiger partial charge in [-0.2, -0.15) is 0 Å². The van der Waals surface area contributed by atoms with Crippen LogP contribution < -0.4 is 68.0 Å². The molecule has 0 aromatic carbocycles. The molecule has 30 N–H and O–H groups in total. The normalized spacial score (nSPS) is 43.7. The highest BCUT2D eigenvalue weighted by Crippen LogP contribution is 2.33. The molecule has 0 bridgehead atoms. The van der Waals surface area contributed by atoms with E-state index in [1.165, 1.54) is 0 Å². The van der Waals surface area contributed by atoms with E-state index in [2.05, 4.69) is 10.6 Å². The Kier molecular flexibility index (Phi) is 27.6. The zero-order chi connectivity index (χ0) is 59.9. The first-order valence-electron chi connectivity index (χ1n) is 29.0. The van der Waals surface area contributed by atoms with Crippen molar-refractivity contribution in [2.75, 3.05) is 39.4 Å². The van der Waals surface area contributed by atoms with Crippen LogP contribution >= 0.6 is 0 Å². The van der Waals surface area contributed by atoms with Gasteiger partial charge in [-0.1, -0.05) is 51.4 Å². The van der Waals surface area contributed by atoms with Crippen molar-refractivity contribution in [1.29, 1.82) is 0 Å². The number of alkyl carbamates (subject to hydrolysis) is 2. The maximum absolute atomic E-state index is 12.6. The van der Waals surface area contributed by atoms with Gasteiger partial charge in [-0.05, 0) is 38.5 Å². The fraction of sp³-hybridized carbons (Fsp3) is 0.960. The van der Waals surface area contributed by atoms with Crippen molar-refractivity contribution in [1.82, 2.24) is 10.6 Å². The summed E-state index contributed by atoms with van der Waals surface area (Å²) in [6, 6.07) is -7.27. The molecule has 478 valence electrons. The average molecular weight is 1190 g/mol. The number of hydrogen-bond acceptors (Lipinski definition) is 30. The van der Waals surface area contributed by atoms with E-state index in [1.807, 2.05) is 0 Å². The van der Waals surface area contributed by atoms with Gasteiger partial charge in [0.25, 0.3) is 0 Å². The number of hydrogen-bond donors (Lipinski definition) is 20. The first kappa shape index (κ1) is 68.6. The molecule has 82 heavy (non-hydrogen) atoms. The highest BCUT2D eigenvalue weighted by molar-refractivity contribution is 5.67. The minimum atomic E-state index is -1.56. The van der Waals surface area contributed by atoms with Crippen molar-refractivity contribution in [3.8, 4) is 0 Å². The predicted molar refractivity (Wildman–Crippen MR) is 287 cm³/mol. The fourth-order valence-electron chi connectivity index (χ4n) is 11.3. The topological polar surface area (TPSA) is 573 Å². The summed E-state index contributed by atoms with van der Waals surface area (Å²) in [5, 5.41) is 91.9. The highest BCUT2D eigenvalue weighted by atomic mass is 16.7. The highest BCUT2D eigenvalue weighted by Gasteiger charge is 2.53. The summed E-state index contributed by atoms with van der Waals surface area (Å²) in [7, 11) is 0. The van der Waals surface area contributed by atoms with Crippen LogP contribution in [0.2, 0.25) is 0 Å². The summed E-state index contributed by atoms with van der Waals surface area (Å²) in [5.74, 6) is 0. The van der Waals surface area contributed by atoms with E-state index in [0.29, 0.717) is 25.9 Å². The second kappa shape index (κ2) is 33.0. The molecule has 32 heteroatoms. The SMILES string of the molecule is NCC1OC(OC2C(N)CC(N)C(OC3OC(COC(=O)NCCCCCCCCCCCCNC(=O)OCC4OC(OC5C(N)CC(N)C(OC6OC(CN)C(O)CC6N)C5O)C(O)C(N)C4O)C(O)C(N)C3O)C2O)C(N)CC1O. The van der Waals surface area contributed by atoms with Crippen LogP contribution in [0.25, 0.3) is 0 Å². The minimum absolute atomic E-state index is 0.00787. The van der Waals surface area contributed by atoms with Gasteiger partial charge in [0.15, 0.2) is 25.2 Å². The van der Waals surface area contributed by atoms with Crippen LogP contribution in [0, 0.1) is 0 Å². The summed E-state index contributed by atoms with van der Waals surface area (Å²) in [6.07, 6.45) is -16.0. The quantitative estimate of drug-likeness (QED) is 0.0340. The predicted octanol–water partition coefficient (Wildman–Crippen LogP) is -8.21. The second-order valence-corrected chi connectivity index (χ2v) is 22.8. The first-order valence-corrected chi connectivity index (χ1v) is 29.0. The Morgan fingerprint density at radius 1 is 0.378 bits per heavy atom. The van der Waals surface area contributed by atoms with E-state index in [9.17, 15) is 50.4 Å². The number of ether oxygens (including phenoxy) is 10. The molecule has 28 atom stereocenters. The molecule has 32 nitrogen and oxygen atoms in total. The number of aliphatic hydroxyl groups is 8. The molecule has 6 rings (SSSR count). The molecule has 0 aromatic rings. The van der Waals surface area contributed by atoms with Gasteiger partial charge in [0.05, 0.1) is 48.6 Å². The Morgan fingerprint density at radius 2 is 0.671 bits per heavy atom. The largest absolute Gasteiger partial charge is 0.447 e. The summed E-state index contributed by atoms with van der Waals surface area (Å²) >= 11 is 0. The molecule has 2 aliphatic carbocycles. The van der Waals surface area contributed by atoms with Crippen LogP contribution in [0.1, 0.15) is 89.9 Å². The van der Waals surface area contributed by atoms with Crippen LogP contribution in [0.4, 0.5) is 9.59 Å². The molecule has 0 spiro atoms. The van der Waals surface area contributed by atoms with Crippen LogP contribution in [-0.2, 0) is 47.4 Å². The number of rotatable bonds is 27. The lowest BCUT2D eigenvalue weighted by Crippen LogP contribution is -2.68. The zero-order valence-electron chi connectivity index (χ0n) is 46.6. The molecule has 0 radical (unpaired) electrons. The first-order chi connectivity index (χ1) is 39.0. The number of nitrogens with one attached hydrogen (secondary N) is 2. The van der Waals surface area contributed by atoms with Gasteiger partial charge in [0.2, 0.25) is 0 Å². The van der Waals surface area contributed by atoms with Gasteiger partial charge < -0.3 is 156 Å². The molecule has 4 heterocycles. The van der Waals surface area contributed by atoms with E-state index in [1.54, 1.807) is 0 Å². The Labute approximate surface area is 477 Å². The smallest absolute Gasteiger partial charge is 0.407 e. The van der Waals surface area contributed by atoms with E-state index in [-0.39, 0.29) is 38.8 Å². The lowest BCUT2D eigenvalue weighted by molar-refractivity contribution is -0.314. The lowest BCUT2D eigenvalue weighted by Gasteiger charge is -2.47. The Balaban J connectivity index is 0.783. The summed E-state index contributed by atoms with van der Waals surface area (Å²) < 4.78 is 57.8. The van der Waals surface area contributed by atoms with Crippen LogP contribution in [-0.4, -0.2) is 264 Å². The summed E-state index contributed by atoms with van der Waals surface area (Å²) in [6.45, 7) is -0.137. The average Bonchev–Trinajstić information content (AvgIpc) is 3.10. The molecular formula is C50H98N12O20. The summed E-state index contributed by atoms with van der Waals surface area (Å²) in [4.78, 5) is 25.1. The molecule has 4 saturated heterocycles. The third-order valence-electron chi connectivity index (χ3n) is 16.4. The van der Waals surface area contributed by atoms with E-state index in [4.69, 9.17) is 105 Å². The van der Waals surface area contributed by atoms with Gasteiger partial charge in [-0.25, -0.2) is 9.59 Å². The zero-order valence-corrected chi connectivity index (χ0v) is 46.6. The van der Waals surface area contributed by atoms with Crippen LogP contribution in [0.5, 0.6) is 0 Å². The number of carbonyl (C=O) groups is 2. The number of nitrogens with two attached hydrogens (primary N) is 10. The van der Waals surface area contributed by atoms with Crippen LogP contribution in [0.15, 0.2) is 0 Å². The molecule has 28 unspecified atom stereocenters. The molecule has 4 aliphatic heterocycles. The van der Waals surface area contributed by atoms with Crippen molar-refractivity contribution >= 4 is 12.2 Å². The lowest BCUT2D eigenvalue weighted by atomic mass is 9.84. The number of carbonyl (C=O) groups excluding carboxylic acids is 2. The van der Waals surface area contributed by atoms with Gasteiger partial charge in [0, 0.05) is 50.3 Å². The van der Waals surface area contributed by atoms with Crippen LogP contribution in [0.3, 0.4) is 0 Å². The van der Waals surface area contributed by atoms with E-state index in [0.717, 1.165) is 51.4 Å². The molecular weight excluding hydrogens is 1090 g/mol. The second-order valence-electron chi connectivity index (χ2n) is 22.8. The third-order valence-corrected chi connectivity index (χ3v) is 16.4. The maximum atomic E-state index is 12.6. The van der Waals surface area contributed by atoms with E-state index >= 15 is 0 Å². The molecule has 2 saturated carbocycles. The van der Waals surface area contributed by atoms with E-state index < -0.39 is 197 Å². The van der Waals surface area contributed by atoms with Crippen molar-refractivity contribution in [2.24, 2.45) is 57.3 Å². The van der Waals surface area contributed by atoms with Gasteiger partial charge in [-0.3, -0.25) is 0 Å². The number of aliphatic hydroxyl groups excluding tert-OH is 8. The standard InChI is InChI=1S/C50H98N12O20/c51-17-29-27(63)15-25(57)45(75-29)79-41-21(53)13-23(55)43(39(41)69)81-47-37(67)33(59)35(65)31(77-47)19-73-49(71)61-11-9-7-5-3-1-2-4-6-8-10-12-62-50(72)74-20-32-36(66)34(60)38(68)48(78-32)82-44-24(56)14-22(54)42(40(44)70)80-46-26(58)16-28(64)30(18-52)76-46/h21-48,63-70H,1-20,51-60H2,(H,61,71)(H,62,72). The minimum Gasteiger partial charge on any atom is -0.447 e. The van der Waals surface area contributed by atoms with Gasteiger partial charge >= 0.3 is 12.2 Å². The fourth-order valence-corrected chi connectivity index (χ4v) is 11.3. The molecule has 6 aliphatic rings. The Bertz CT molecular complexity index is 1770. The van der Waals surface area contributed by atoms with Crippen molar-refractivity contribution in [2.45, 2.75) is 261 Å². The van der Waals surface area contributed by atoms with Crippen molar-refractivity contribution in [3.05, 3.63) is 0 Å². The number of amides is 2. The van der Waals surface area contributed by atoms with Crippen molar-refractivity contribution < 1.29 is 97.8 Å². The molecule has 2 amide bonds. The van der Waals surface area contributed by atoms with Crippen molar-refractivity contribution in [3.63, 3.8) is 0 Å². The monoisotopic (exact) mass is 1190 g/mol. The third kappa shape index (κ3) is 18.5. The van der Waals surface area contributed by atoms with Gasteiger partial charge in [0.1, 0.15) is 86.5 Å². The molecule has 0 aromatic heterocycles.